The van der Waals surface area contributed by atoms with E-state index in [-0.39, 0.29) is 27.0 Å². The van der Waals surface area contributed by atoms with Crippen molar-refractivity contribution in [3.8, 4) is 17.1 Å². The van der Waals surface area contributed by atoms with Crippen LogP contribution in [0.1, 0.15) is 25.3 Å². The third kappa shape index (κ3) is 5.34. The molecule has 4 heterocycles. The van der Waals surface area contributed by atoms with Gasteiger partial charge in [0, 0.05) is 15.9 Å². The number of nitrogens with zero attached hydrogens (tertiary/aromatic N) is 4. The maximum Gasteiger partial charge on any atom is 2.00 e. The monoisotopic (exact) mass is 829 g/mol. The molecule has 0 fully saturated rings. The zero-order chi connectivity index (χ0) is 32.2. The fourth-order valence-electron chi connectivity index (χ4n) is 6.70. The maximum absolute atomic E-state index is 5.40. The second-order valence-corrected chi connectivity index (χ2v) is 13.4. The van der Waals surface area contributed by atoms with Crippen LogP contribution in [0.4, 0.5) is 17.3 Å². The van der Waals surface area contributed by atoms with Crippen LogP contribution in [0.2, 0.25) is 0 Å². The first-order valence-corrected chi connectivity index (χ1v) is 17.0. The fourth-order valence-corrected chi connectivity index (χ4v) is 7.91. The molecule has 0 aliphatic carbocycles. The van der Waals surface area contributed by atoms with Crippen molar-refractivity contribution in [2.75, 3.05) is 4.90 Å². The van der Waals surface area contributed by atoms with Crippen molar-refractivity contribution in [1.82, 2.24) is 14.5 Å². The number of thiophene rings is 1. The third-order valence-corrected chi connectivity index (χ3v) is 10.2. The number of anilines is 3. The summed E-state index contributed by atoms with van der Waals surface area (Å²) in [6.07, 6.45) is 0. The summed E-state index contributed by atoms with van der Waals surface area (Å²) in [7, 11) is 0. The van der Waals surface area contributed by atoms with Gasteiger partial charge < -0.3 is 4.57 Å². The van der Waals surface area contributed by atoms with Gasteiger partial charge in [-0.2, -0.15) is 35.6 Å². The van der Waals surface area contributed by atoms with E-state index >= 15 is 0 Å². The number of pyridine rings is 2. The molecule has 0 N–H and O–H groups in total. The number of hydrogen-bond acceptors (Lipinski definition) is 4. The van der Waals surface area contributed by atoms with Crippen LogP contribution in [-0.2, 0) is 21.1 Å². The molecular weight excluding hydrogens is 800 g/mol. The Morgan fingerprint density at radius 2 is 1.43 bits per heavy atom. The Kier molecular flexibility index (Phi) is 8.11. The Morgan fingerprint density at radius 3 is 2.29 bits per heavy atom. The quantitative estimate of drug-likeness (QED) is 0.157. The number of aromatic nitrogens is 3. The summed E-state index contributed by atoms with van der Waals surface area (Å²) in [6.45, 7) is 4.47. The number of rotatable bonds is 6. The Balaban J connectivity index is 0.00000348. The van der Waals surface area contributed by atoms with E-state index in [1.54, 1.807) is 11.3 Å². The second kappa shape index (κ2) is 12.7. The zero-order valence-corrected chi connectivity index (χ0v) is 30.0. The molecule has 0 aliphatic rings. The molecule has 4 nitrogen and oxygen atoms in total. The minimum atomic E-state index is 0. The van der Waals surface area contributed by atoms with Crippen molar-refractivity contribution in [1.29, 1.82) is 0 Å². The van der Waals surface area contributed by atoms with E-state index in [4.69, 9.17) is 9.97 Å². The molecule has 9 rings (SSSR count). The van der Waals surface area contributed by atoms with E-state index in [0.717, 1.165) is 50.8 Å². The van der Waals surface area contributed by atoms with Gasteiger partial charge in [0.15, 0.2) is 0 Å². The zero-order valence-electron chi connectivity index (χ0n) is 26.9. The van der Waals surface area contributed by atoms with Gasteiger partial charge in [0.2, 0.25) is 0 Å². The van der Waals surface area contributed by atoms with Gasteiger partial charge in [-0.1, -0.05) is 91.5 Å². The predicted molar refractivity (Wildman–Crippen MR) is 201 cm³/mol. The van der Waals surface area contributed by atoms with Crippen LogP contribution in [0.15, 0.2) is 140 Å². The van der Waals surface area contributed by atoms with Crippen molar-refractivity contribution in [3.05, 3.63) is 157 Å². The number of para-hydroxylation sites is 3. The summed E-state index contributed by atoms with van der Waals surface area (Å²) >= 11 is 1.80. The van der Waals surface area contributed by atoms with Gasteiger partial charge >= 0.3 is 21.1 Å². The Labute approximate surface area is 303 Å². The molecule has 0 aliphatic heterocycles. The van der Waals surface area contributed by atoms with E-state index in [1.807, 2.05) is 24.3 Å². The molecule has 0 unspecified atom stereocenters. The molecule has 0 atom stereocenters. The van der Waals surface area contributed by atoms with E-state index in [1.165, 1.54) is 31.1 Å². The molecule has 238 valence electrons. The van der Waals surface area contributed by atoms with E-state index < -0.39 is 0 Å². The summed E-state index contributed by atoms with van der Waals surface area (Å²) in [5.41, 5.74) is 6.22. The SMILES string of the molecule is CC(C)c1cc(-c2[c-]ccc3c2sc2ccccc23)nc(N(c2ccccc2)c2cccc(-n3c4[c-]cccc4c4ccccc43)n2)c1.[Pt+2]. The molecular formula is C43H30N4PtS. The summed E-state index contributed by atoms with van der Waals surface area (Å²) in [5.74, 6) is 2.71. The standard InChI is InChI=1S/C43H30N4S.Pt/c1-28(2)29-26-36(35-20-12-19-34-33-18-8-11-23-39(33)48-43(34)35)44-42(27-29)46(30-14-4-3-5-15-30)40-24-13-25-41(45-40)47-37-21-9-6-16-31(37)32-17-7-10-22-38(32)47;/h3-19,21,23-28H,1-2H3;/q-2;+2. The third-order valence-electron chi connectivity index (χ3n) is 9.01. The summed E-state index contributed by atoms with van der Waals surface area (Å²) < 4.78 is 4.67. The first kappa shape index (κ1) is 31.2. The van der Waals surface area contributed by atoms with Crippen LogP contribution in [0.5, 0.6) is 0 Å². The fraction of sp³-hybridized carbons (Fsp3) is 0.0698. The number of fused-ring (bicyclic) bond motifs is 6. The molecule has 0 saturated heterocycles. The molecule has 6 heteroatoms. The van der Waals surface area contributed by atoms with Gasteiger partial charge in [-0.15, -0.1) is 29.1 Å². The Hall–Kier alpha value is -5.09. The summed E-state index contributed by atoms with van der Waals surface area (Å²) in [5, 5.41) is 4.84. The maximum atomic E-state index is 5.40. The molecule has 0 amide bonds. The molecule has 9 aromatic rings. The first-order chi connectivity index (χ1) is 23.6. The van der Waals surface area contributed by atoms with E-state index in [9.17, 15) is 0 Å². The van der Waals surface area contributed by atoms with Crippen LogP contribution in [0, 0.1) is 12.1 Å². The van der Waals surface area contributed by atoms with Crippen molar-refractivity contribution >= 4 is 70.6 Å². The van der Waals surface area contributed by atoms with Gasteiger partial charge in [-0.3, -0.25) is 9.88 Å². The largest absolute Gasteiger partial charge is 2.00 e. The van der Waals surface area contributed by atoms with Crippen LogP contribution in [0.25, 0.3) is 59.1 Å². The van der Waals surface area contributed by atoms with Crippen LogP contribution in [-0.4, -0.2) is 14.5 Å². The topological polar surface area (TPSA) is 34.0 Å². The second-order valence-electron chi connectivity index (χ2n) is 12.3. The van der Waals surface area contributed by atoms with Crippen molar-refractivity contribution in [2.24, 2.45) is 0 Å². The van der Waals surface area contributed by atoms with Gasteiger partial charge in [0.25, 0.3) is 0 Å². The summed E-state index contributed by atoms with van der Waals surface area (Å²) in [4.78, 5) is 12.9. The van der Waals surface area contributed by atoms with Crippen molar-refractivity contribution in [2.45, 2.75) is 19.8 Å². The average Bonchev–Trinajstić information content (AvgIpc) is 3.68. The normalized spacial score (nSPS) is 11.5. The van der Waals surface area contributed by atoms with Gasteiger partial charge in [-0.05, 0) is 75.1 Å². The minimum Gasteiger partial charge on any atom is -0.319 e. The Morgan fingerprint density at radius 1 is 0.653 bits per heavy atom. The molecule has 0 radical (unpaired) electrons. The van der Waals surface area contributed by atoms with Gasteiger partial charge in [0.1, 0.15) is 17.5 Å². The summed E-state index contributed by atoms with van der Waals surface area (Å²) in [6, 6.07) is 55.5. The average molecular weight is 830 g/mol. The molecule has 0 bridgehead atoms. The predicted octanol–water partition coefficient (Wildman–Crippen LogP) is 11.8. The molecule has 5 aromatic carbocycles. The van der Waals surface area contributed by atoms with Crippen LogP contribution in [0.3, 0.4) is 0 Å². The van der Waals surface area contributed by atoms with E-state index in [2.05, 4.69) is 151 Å². The van der Waals surface area contributed by atoms with Crippen LogP contribution < -0.4 is 4.90 Å². The first-order valence-electron chi connectivity index (χ1n) is 16.2. The smallest absolute Gasteiger partial charge is 0.319 e. The van der Waals surface area contributed by atoms with Gasteiger partial charge in [-0.25, -0.2) is 4.98 Å². The van der Waals surface area contributed by atoms with Gasteiger partial charge in [0.05, 0.1) is 0 Å². The van der Waals surface area contributed by atoms with E-state index in [0.29, 0.717) is 0 Å². The number of hydrogen-bond donors (Lipinski definition) is 0. The molecule has 0 saturated carbocycles. The molecule has 0 spiro atoms. The minimum absolute atomic E-state index is 0. The molecule has 49 heavy (non-hydrogen) atoms. The van der Waals surface area contributed by atoms with Crippen molar-refractivity contribution < 1.29 is 21.1 Å². The number of benzene rings is 5. The Bertz CT molecular complexity index is 2570. The van der Waals surface area contributed by atoms with Crippen LogP contribution >= 0.6 is 11.3 Å². The van der Waals surface area contributed by atoms with Crippen molar-refractivity contribution in [3.63, 3.8) is 0 Å². The molecule has 4 aromatic heterocycles.